The minimum Gasteiger partial charge on any atom is -0.466 e. The molecular formula is C20H19N5O2S. The van der Waals surface area contributed by atoms with Crippen LogP contribution in [-0.2, 0) is 22.5 Å². The van der Waals surface area contributed by atoms with E-state index in [1.165, 1.54) is 4.80 Å². The molecule has 0 spiro atoms. The smallest absolute Gasteiger partial charge is 0.306 e. The molecule has 0 unspecified atom stereocenters. The Morgan fingerprint density at radius 1 is 1.07 bits per heavy atom. The van der Waals surface area contributed by atoms with E-state index in [2.05, 4.69) is 20.4 Å². The number of aryl methyl sites for hydroxylation is 2. The number of hydrogen-bond donors (Lipinski definition) is 0. The van der Waals surface area contributed by atoms with Gasteiger partial charge in [0.1, 0.15) is 0 Å². The van der Waals surface area contributed by atoms with Crippen LogP contribution in [-0.4, -0.2) is 37.8 Å². The number of hydrogen-bond acceptors (Lipinski definition) is 7. The van der Waals surface area contributed by atoms with Crippen LogP contribution >= 0.6 is 11.3 Å². The van der Waals surface area contributed by atoms with Crippen molar-refractivity contribution in [1.82, 2.24) is 25.2 Å². The molecule has 0 bridgehead atoms. The molecule has 0 radical (unpaired) electrons. The van der Waals surface area contributed by atoms with Crippen molar-refractivity contribution >= 4 is 27.5 Å². The van der Waals surface area contributed by atoms with E-state index in [0.717, 1.165) is 20.8 Å². The molecule has 28 heavy (non-hydrogen) atoms. The molecule has 0 saturated heterocycles. The summed E-state index contributed by atoms with van der Waals surface area (Å²) in [5.41, 5.74) is 1.90. The van der Waals surface area contributed by atoms with Crippen LogP contribution in [0.1, 0.15) is 17.8 Å². The van der Waals surface area contributed by atoms with E-state index in [1.807, 2.05) is 54.6 Å². The van der Waals surface area contributed by atoms with Gasteiger partial charge in [-0.15, -0.1) is 21.5 Å². The minimum atomic E-state index is -0.212. The summed E-state index contributed by atoms with van der Waals surface area (Å²) in [6, 6.07) is 17.7. The largest absolute Gasteiger partial charge is 0.466 e. The number of fused-ring (bicyclic) bond motifs is 1. The van der Waals surface area contributed by atoms with Gasteiger partial charge in [0.2, 0.25) is 5.82 Å². The Labute approximate surface area is 166 Å². The molecule has 0 aliphatic rings. The van der Waals surface area contributed by atoms with E-state index in [9.17, 15) is 4.79 Å². The number of rotatable bonds is 8. The highest BCUT2D eigenvalue weighted by atomic mass is 32.1. The fourth-order valence-corrected chi connectivity index (χ4v) is 3.71. The van der Waals surface area contributed by atoms with Crippen molar-refractivity contribution in [2.45, 2.75) is 25.8 Å². The Bertz CT molecular complexity index is 1030. The second-order valence-electron chi connectivity index (χ2n) is 6.22. The van der Waals surface area contributed by atoms with Crippen molar-refractivity contribution in [2.75, 3.05) is 6.61 Å². The van der Waals surface area contributed by atoms with Gasteiger partial charge in [-0.2, -0.15) is 4.80 Å². The second kappa shape index (κ2) is 8.71. The number of esters is 1. The van der Waals surface area contributed by atoms with Crippen LogP contribution in [0.15, 0.2) is 54.6 Å². The number of para-hydroxylation sites is 1. The number of aromatic nitrogens is 5. The average Bonchev–Trinajstić information content (AvgIpc) is 3.37. The van der Waals surface area contributed by atoms with Gasteiger partial charge in [0.15, 0.2) is 0 Å². The molecule has 2 aromatic carbocycles. The van der Waals surface area contributed by atoms with Crippen LogP contribution in [0.25, 0.3) is 21.6 Å². The molecule has 0 aliphatic carbocycles. The summed E-state index contributed by atoms with van der Waals surface area (Å²) in [6.07, 6.45) is 1.57. The van der Waals surface area contributed by atoms with Gasteiger partial charge >= 0.3 is 5.97 Å². The fraction of sp³-hybridized carbons (Fsp3) is 0.250. The van der Waals surface area contributed by atoms with Gasteiger partial charge in [0.05, 0.1) is 34.8 Å². The summed E-state index contributed by atoms with van der Waals surface area (Å²) >= 11 is 1.62. The normalized spacial score (nSPS) is 11.0. The molecule has 0 atom stereocenters. The lowest BCUT2D eigenvalue weighted by molar-refractivity contribution is -0.143. The average molecular weight is 393 g/mol. The predicted molar refractivity (Wildman–Crippen MR) is 107 cm³/mol. The first-order valence-corrected chi connectivity index (χ1v) is 9.93. The topological polar surface area (TPSA) is 82.8 Å². The third-order valence-electron chi connectivity index (χ3n) is 4.13. The van der Waals surface area contributed by atoms with Crippen LogP contribution in [0.4, 0.5) is 0 Å². The van der Waals surface area contributed by atoms with Crippen molar-refractivity contribution in [2.24, 2.45) is 0 Å². The SMILES string of the molecule is O=C(CCc1nc2ccccc2s1)OCCCn1nnc(-c2ccccc2)n1. The molecule has 8 heteroatoms. The van der Waals surface area contributed by atoms with Crippen molar-refractivity contribution < 1.29 is 9.53 Å². The number of tetrazole rings is 1. The number of ether oxygens (including phenoxy) is 1. The lowest BCUT2D eigenvalue weighted by Crippen LogP contribution is -2.10. The maximum atomic E-state index is 11.9. The molecule has 142 valence electrons. The van der Waals surface area contributed by atoms with Gasteiger partial charge in [-0.3, -0.25) is 4.79 Å². The molecule has 2 aromatic heterocycles. The summed E-state index contributed by atoms with van der Waals surface area (Å²) in [5, 5.41) is 13.4. The van der Waals surface area contributed by atoms with Gasteiger partial charge in [-0.05, 0) is 17.3 Å². The Morgan fingerprint density at radius 2 is 1.89 bits per heavy atom. The van der Waals surface area contributed by atoms with Gasteiger partial charge in [-0.1, -0.05) is 42.5 Å². The Kier molecular flexibility index (Phi) is 5.67. The van der Waals surface area contributed by atoms with Crippen LogP contribution in [0.2, 0.25) is 0 Å². The number of carbonyl (C=O) groups excluding carboxylic acids is 1. The minimum absolute atomic E-state index is 0.212. The molecular weight excluding hydrogens is 374 g/mol. The van der Waals surface area contributed by atoms with Gasteiger partial charge < -0.3 is 4.74 Å². The van der Waals surface area contributed by atoms with E-state index in [0.29, 0.717) is 38.2 Å². The standard InChI is InChI=1S/C20H19N5O2S/c26-19(12-11-18-21-16-9-4-5-10-17(16)28-18)27-14-6-13-25-23-20(22-24-25)15-7-2-1-3-8-15/h1-5,7-10H,6,11-14H2. The maximum Gasteiger partial charge on any atom is 0.306 e. The Morgan fingerprint density at radius 3 is 2.75 bits per heavy atom. The van der Waals surface area contributed by atoms with Gasteiger partial charge in [-0.25, -0.2) is 4.98 Å². The molecule has 4 rings (SSSR count). The van der Waals surface area contributed by atoms with Crippen LogP contribution < -0.4 is 0 Å². The monoisotopic (exact) mass is 393 g/mol. The zero-order valence-electron chi connectivity index (χ0n) is 15.2. The molecule has 0 N–H and O–H groups in total. The van der Waals surface area contributed by atoms with Crippen molar-refractivity contribution in [3.8, 4) is 11.4 Å². The molecule has 0 saturated carbocycles. The number of nitrogens with zero attached hydrogens (tertiary/aromatic N) is 5. The Balaban J connectivity index is 1.18. The summed E-state index contributed by atoms with van der Waals surface area (Å²) < 4.78 is 6.44. The molecule has 0 fully saturated rings. The lowest BCUT2D eigenvalue weighted by Gasteiger charge is -2.03. The maximum absolute atomic E-state index is 11.9. The number of carbonyl (C=O) groups is 1. The van der Waals surface area contributed by atoms with Gasteiger partial charge in [0.25, 0.3) is 0 Å². The highest BCUT2D eigenvalue weighted by Gasteiger charge is 2.09. The van der Waals surface area contributed by atoms with Crippen molar-refractivity contribution in [1.29, 1.82) is 0 Å². The summed E-state index contributed by atoms with van der Waals surface area (Å²) in [6.45, 7) is 0.881. The highest BCUT2D eigenvalue weighted by Crippen LogP contribution is 2.22. The van der Waals surface area contributed by atoms with E-state index in [-0.39, 0.29) is 5.97 Å². The first-order chi connectivity index (χ1) is 13.8. The van der Waals surface area contributed by atoms with Crippen molar-refractivity contribution in [3.63, 3.8) is 0 Å². The second-order valence-corrected chi connectivity index (χ2v) is 7.34. The Hall–Kier alpha value is -3.13. The van der Waals surface area contributed by atoms with Crippen LogP contribution in [0, 0.1) is 0 Å². The number of benzene rings is 2. The first kappa shape index (κ1) is 18.2. The first-order valence-electron chi connectivity index (χ1n) is 9.11. The van der Waals surface area contributed by atoms with E-state index < -0.39 is 0 Å². The predicted octanol–water partition coefficient (Wildman–Crippen LogP) is 3.52. The molecule has 0 aliphatic heterocycles. The highest BCUT2D eigenvalue weighted by molar-refractivity contribution is 7.18. The summed E-state index contributed by atoms with van der Waals surface area (Å²) in [7, 11) is 0. The lowest BCUT2D eigenvalue weighted by atomic mass is 10.2. The summed E-state index contributed by atoms with van der Waals surface area (Å²) in [5.74, 6) is 0.379. The van der Waals surface area contributed by atoms with Crippen LogP contribution in [0.5, 0.6) is 0 Å². The third kappa shape index (κ3) is 4.58. The molecule has 0 amide bonds. The fourth-order valence-electron chi connectivity index (χ4n) is 2.74. The number of thiazole rings is 1. The molecule has 7 nitrogen and oxygen atoms in total. The van der Waals surface area contributed by atoms with Crippen LogP contribution in [0.3, 0.4) is 0 Å². The molecule has 2 heterocycles. The van der Waals surface area contributed by atoms with E-state index >= 15 is 0 Å². The zero-order valence-corrected chi connectivity index (χ0v) is 16.0. The van der Waals surface area contributed by atoms with Gasteiger partial charge in [0, 0.05) is 18.4 Å². The third-order valence-corrected chi connectivity index (χ3v) is 5.23. The van der Waals surface area contributed by atoms with E-state index in [1.54, 1.807) is 11.3 Å². The van der Waals surface area contributed by atoms with Crippen molar-refractivity contribution in [3.05, 3.63) is 59.6 Å². The van der Waals surface area contributed by atoms with E-state index in [4.69, 9.17) is 4.74 Å². The molecule has 4 aromatic rings. The zero-order chi connectivity index (χ0) is 19.2. The quantitative estimate of drug-likeness (QED) is 0.336. The summed E-state index contributed by atoms with van der Waals surface area (Å²) in [4.78, 5) is 18.0.